The van der Waals surface area contributed by atoms with Crippen LogP contribution in [0.2, 0.25) is 0 Å². The molecule has 4 rings (SSSR count). The molecule has 0 saturated heterocycles. The smallest absolute Gasteiger partial charge is 0.269 e. The van der Waals surface area contributed by atoms with E-state index in [0.29, 0.717) is 0 Å². The summed E-state index contributed by atoms with van der Waals surface area (Å²) in [5, 5.41) is 22.7. The zero-order chi connectivity index (χ0) is 21.6. The molecule has 0 aromatic heterocycles. The fraction of sp³-hybridized carbons (Fsp3) is 0.182. The van der Waals surface area contributed by atoms with Crippen molar-refractivity contribution in [3.63, 3.8) is 0 Å². The van der Waals surface area contributed by atoms with Gasteiger partial charge in [0.05, 0.1) is 15.9 Å². The summed E-state index contributed by atoms with van der Waals surface area (Å²) in [4.78, 5) is 25.9. The standard InChI is InChI=1S/C22H20N4O4/c1-23(2)14-4-6-15(7-5-14)24(3)22-20-12-16(25(27)28)8-10-18(20)19-11-9-17(26(29)30)13-21(19)22/h4-13,22H,1-3H3. The van der Waals surface area contributed by atoms with E-state index in [1.54, 1.807) is 24.3 Å². The molecule has 0 radical (unpaired) electrons. The molecule has 0 unspecified atom stereocenters. The SMILES string of the molecule is CN(C)c1ccc(N(C)C2c3cc([N+](=O)[O-])ccc3-c3ccc([N+](=O)[O-])cc32)cc1. The van der Waals surface area contributed by atoms with Gasteiger partial charge in [-0.25, -0.2) is 0 Å². The molecule has 0 bridgehead atoms. The maximum Gasteiger partial charge on any atom is 0.269 e. The molecule has 3 aromatic carbocycles. The van der Waals surface area contributed by atoms with Gasteiger partial charge < -0.3 is 9.80 Å². The van der Waals surface area contributed by atoms with Crippen molar-refractivity contribution in [2.75, 3.05) is 30.9 Å². The average molecular weight is 404 g/mol. The summed E-state index contributed by atoms with van der Waals surface area (Å²) < 4.78 is 0. The fourth-order valence-electron chi connectivity index (χ4n) is 3.99. The number of nitro groups is 2. The zero-order valence-electron chi connectivity index (χ0n) is 16.8. The Morgan fingerprint density at radius 1 is 0.700 bits per heavy atom. The van der Waals surface area contributed by atoms with E-state index in [9.17, 15) is 20.2 Å². The van der Waals surface area contributed by atoms with Gasteiger partial charge in [0.25, 0.3) is 11.4 Å². The van der Waals surface area contributed by atoms with Crippen molar-refractivity contribution in [1.82, 2.24) is 0 Å². The first-order chi connectivity index (χ1) is 14.3. The third kappa shape index (κ3) is 3.12. The van der Waals surface area contributed by atoms with Crippen LogP contribution in [-0.4, -0.2) is 31.0 Å². The van der Waals surface area contributed by atoms with Gasteiger partial charge in [-0.1, -0.05) is 0 Å². The molecule has 0 aliphatic heterocycles. The topological polar surface area (TPSA) is 92.8 Å². The molecule has 0 fully saturated rings. The van der Waals surface area contributed by atoms with Gasteiger partial charge in [-0.2, -0.15) is 0 Å². The van der Waals surface area contributed by atoms with E-state index in [1.165, 1.54) is 12.1 Å². The second kappa shape index (κ2) is 7.14. The minimum Gasteiger partial charge on any atom is -0.378 e. The number of non-ortho nitro benzene ring substituents is 2. The molecule has 0 saturated carbocycles. The first-order valence-electron chi connectivity index (χ1n) is 9.35. The van der Waals surface area contributed by atoms with Crippen LogP contribution in [0.1, 0.15) is 17.2 Å². The molecule has 30 heavy (non-hydrogen) atoms. The summed E-state index contributed by atoms with van der Waals surface area (Å²) in [6.07, 6.45) is 0. The van der Waals surface area contributed by atoms with Crippen LogP contribution in [0.3, 0.4) is 0 Å². The Labute approximate surface area is 173 Å². The monoisotopic (exact) mass is 404 g/mol. The fourth-order valence-corrected chi connectivity index (χ4v) is 3.99. The molecule has 3 aromatic rings. The number of rotatable bonds is 5. The number of hydrogen-bond acceptors (Lipinski definition) is 6. The summed E-state index contributed by atoms with van der Waals surface area (Å²) in [7, 11) is 5.81. The lowest BCUT2D eigenvalue weighted by Crippen LogP contribution is -2.23. The molecule has 1 aliphatic carbocycles. The van der Waals surface area contributed by atoms with Crippen LogP contribution in [0.25, 0.3) is 11.1 Å². The lowest BCUT2D eigenvalue weighted by Gasteiger charge is -2.29. The Bertz CT molecular complexity index is 1090. The second-order valence-corrected chi connectivity index (χ2v) is 7.48. The van der Waals surface area contributed by atoms with Gasteiger partial charge in [0, 0.05) is 56.8 Å². The Morgan fingerprint density at radius 2 is 1.13 bits per heavy atom. The molecule has 1 aliphatic rings. The third-order valence-corrected chi connectivity index (χ3v) is 5.53. The van der Waals surface area contributed by atoms with Gasteiger partial charge in [0.15, 0.2) is 0 Å². The van der Waals surface area contributed by atoms with Crippen LogP contribution in [0.5, 0.6) is 0 Å². The van der Waals surface area contributed by atoms with Gasteiger partial charge in [0.1, 0.15) is 0 Å². The van der Waals surface area contributed by atoms with Crippen LogP contribution in [0.4, 0.5) is 22.7 Å². The van der Waals surface area contributed by atoms with Crippen molar-refractivity contribution in [2.24, 2.45) is 0 Å². The molecule has 8 nitrogen and oxygen atoms in total. The lowest BCUT2D eigenvalue weighted by molar-refractivity contribution is -0.385. The van der Waals surface area contributed by atoms with Gasteiger partial charge in [0.2, 0.25) is 0 Å². The molecule has 0 amide bonds. The quantitative estimate of drug-likeness (QED) is 0.449. The summed E-state index contributed by atoms with van der Waals surface area (Å²) in [6.45, 7) is 0. The van der Waals surface area contributed by atoms with E-state index in [1.807, 2.05) is 55.2 Å². The van der Waals surface area contributed by atoms with Crippen molar-refractivity contribution in [3.8, 4) is 11.1 Å². The van der Waals surface area contributed by atoms with Crippen molar-refractivity contribution in [2.45, 2.75) is 6.04 Å². The highest BCUT2D eigenvalue weighted by atomic mass is 16.6. The first kappa shape index (κ1) is 19.4. The van der Waals surface area contributed by atoms with Crippen LogP contribution in [-0.2, 0) is 0 Å². The third-order valence-electron chi connectivity index (χ3n) is 5.53. The number of nitro benzene ring substituents is 2. The average Bonchev–Trinajstić information content (AvgIpc) is 3.06. The van der Waals surface area contributed by atoms with E-state index in [-0.39, 0.29) is 17.4 Å². The maximum absolute atomic E-state index is 11.4. The number of fused-ring (bicyclic) bond motifs is 3. The minimum absolute atomic E-state index is 0.00240. The zero-order valence-corrected chi connectivity index (χ0v) is 16.8. The summed E-state index contributed by atoms with van der Waals surface area (Å²) >= 11 is 0. The van der Waals surface area contributed by atoms with E-state index >= 15 is 0 Å². The van der Waals surface area contributed by atoms with Crippen molar-refractivity contribution in [1.29, 1.82) is 0 Å². The van der Waals surface area contributed by atoms with Crippen molar-refractivity contribution >= 4 is 22.7 Å². The van der Waals surface area contributed by atoms with Crippen LogP contribution in [0.15, 0.2) is 60.7 Å². The predicted octanol–water partition coefficient (Wildman–Crippen LogP) is 4.78. The number of benzene rings is 3. The second-order valence-electron chi connectivity index (χ2n) is 7.48. The number of anilines is 2. The van der Waals surface area contributed by atoms with Crippen molar-refractivity contribution in [3.05, 3.63) is 92.0 Å². The number of hydrogen-bond donors (Lipinski definition) is 0. The van der Waals surface area contributed by atoms with E-state index in [2.05, 4.69) is 0 Å². The summed E-state index contributed by atoms with van der Waals surface area (Å²) in [5.41, 5.74) is 5.18. The normalized spacial score (nSPS) is 12.2. The molecule has 0 atom stereocenters. The number of nitrogens with zero attached hydrogens (tertiary/aromatic N) is 4. The van der Waals surface area contributed by atoms with Crippen LogP contribution in [0, 0.1) is 20.2 Å². The van der Waals surface area contributed by atoms with E-state index < -0.39 is 9.85 Å². The van der Waals surface area contributed by atoms with Gasteiger partial charge in [-0.15, -0.1) is 0 Å². The molecular formula is C22H20N4O4. The Balaban J connectivity index is 1.87. The molecule has 152 valence electrons. The lowest BCUT2D eigenvalue weighted by atomic mass is 10.0. The molecule has 8 heteroatoms. The Hall–Kier alpha value is -3.94. The Kier molecular flexibility index (Phi) is 4.62. The molecular weight excluding hydrogens is 384 g/mol. The van der Waals surface area contributed by atoms with Crippen LogP contribution < -0.4 is 9.80 Å². The molecule has 0 N–H and O–H groups in total. The highest BCUT2D eigenvalue weighted by Crippen LogP contribution is 2.49. The highest BCUT2D eigenvalue weighted by Gasteiger charge is 2.34. The Morgan fingerprint density at radius 3 is 1.53 bits per heavy atom. The largest absolute Gasteiger partial charge is 0.378 e. The first-order valence-corrected chi connectivity index (χ1v) is 9.35. The van der Waals surface area contributed by atoms with Gasteiger partial charge in [-0.05, 0) is 58.7 Å². The van der Waals surface area contributed by atoms with Crippen molar-refractivity contribution < 1.29 is 9.85 Å². The highest BCUT2D eigenvalue weighted by molar-refractivity contribution is 5.82. The van der Waals surface area contributed by atoms with E-state index in [4.69, 9.17) is 0 Å². The summed E-state index contributed by atoms with van der Waals surface area (Å²) in [5.74, 6) is 0. The summed E-state index contributed by atoms with van der Waals surface area (Å²) in [6, 6.07) is 17.1. The maximum atomic E-state index is 11.4. The molecule has 0 spiro atoms. The predicted molar refractivity (Wildman–Crippen MR) is 116 cm³/mol. The minimum atomic E-state index is -0.422. The van der Waals surface area contributed by atoms with Crippen LogP contribution >= 0.6 is 0 Å². The van der Waals surface area contributed by atoms with Gasteiger partial charge in [-0.3, -0.25) is 20.2 Å². The molecule has 0 heterocycles. The van der Waals surface area contributed by atoms with Gasteiger partial charge >= 0.3 is 0 Å². The van der Waals surface area contributed by atoms with E-state index in [0.717, 1.165) is 33.6 Å².